The van der Waals surface area contributed by atoms with Gasteiger partial charge in [-0.1, -0.05) is 176 Å². The second-order valence-electron chi connectivity index (χ2n) is 14.6. The molecule has 0 amide bonds. The van der Waals surface area contributed by atoms with Crippen LogP contribution in [0.4, 0.5) is 21.5 Å². The van der Waals surface area contributed by atoms with Gasteiger partial charge in [0.25, 0.3) is 0 Å². The van der Waals surface area contributed by atoms with Crippen LogP contribution in [0.2, 0.25) is 0 Å². The Morgan fingerprint density at radius 2 is 0.862 bits per heavy atom. The second-order valence-corrected chi connectivity index (χ2v) is 14.6. The van der Waals surface area contributed by atoms with Crippen LogP contribution in [0.15, 0.2) is 237 Å². The maximum Gasteiger partial charge on any atom is 0.123 e. The Morgan fingerprint density at radius 1 is 0.379 bits per heavy atom. The lowest BCUT2D eigenvalue weighted by molar-refractivity contribution is 0.627. The standard InChI is InChI=1S/C55H39FN2/c56-45-31-35-47(36-32-45)58-53-28-16-14-26-50(53)51-38-37-48(39-54(51)58)57(52-27-15-13-25-49(52)40-17-5-1-6-18-40)46-33-29-44(30-34-46)55(41-19-7-2-8-20-41,42-21-9-3-10-22-42)43-23-11-4-12-24-43/h1-39H. The van der Waals surface area contributed by atoms with Gasteiger partial charge in [-0.25, -0.2) is 4.39 Å². The van der Waals surface area contributed by atoms with Crippen LogP contribution in [0, 0.1) is 5.82 Å². The summed E-state index contributed by atoms with van der Waals surface area (Å²) in [4.78, 5) is 2.37. The lowest BCUT2D eigenvalue weighted by atomic mass is 9.65. The van der Waals surface area contributed by atoms with E-state index in [1.54, 1.807) is 0 Å². The molecule has 0 fully saturated rings. The molecule has 0 unspecified atom stereocenters. The summed E-state index contributed by atoms with van der Waals surface area (Å²) >= 11 is 0. The number of benzene rings is 9. The van der Waals surface area contributed by atoms with Crippen molar-refractivity contribution >= 4 is 38.9 Å². The summed E-state index contributed by atoms with van der Waals surface area (Å²) in [5, 5.41) is 2.28. The second kappa shape index (κ2) is 14.9. The van der Waals surface area contributed by atoms with Crippen LogP contribution in [-0.2, 0) is 5.41 Å². The van der Waals surface area contributed by atoms with Crippen molar-refractivity contribution in [3.05, 3.63) is 265 Å². The van der Waals surface area contributed by atoms with E-state index < -0.39 is 5.41 Å². The number of nitrogens with zero attached hydrogens (tertiary/aromatic N) is 2. The van der Waals surface area contributed by atoms with Gasteiger partial charge >= 0.3 is 0 Å². The molecule has 0 N–H and O–H groups in total. The lowest BCUT2D eigenvalue weighted by Crippen LogP contribution is -2.31. The molecule has 0 aliphatic heterocycles. The summed E-state index contributed by atoms with van der Waals surface area (Å²) in [7, 11) is 0. The van der Waals surface area contributed by atoms with E-state index in [-0.39, 0.29) is 5.82 Å². The quantitative estimate of drug-likeness (QED) is 0.134. The summed E-state index contributed by atoms with van der Waals surface area (Å²) in [5.41, 5.74) is 12.6. The zero-order chi connectivity index (χ0) is 38.9. The van der Waals surface area contributed by atoms with Gasteiger partial charge in [0.1, 0.15) is 5.82 Å². The maximum atomic E-state index is 14.3. The molecular weight excluding hydrogens is 708 g/mol. The van der Waals surface area contributed by atoms with E-state index in [0.29, 0.717) is 0 Å². The molecule has 58 heavy (non-hydrogen) atoms. The molecule has 0 saturated carbocycles. The zero-order valence-corrected chi connectivity index (χ0v) is 31.8. The third-order valence-electron chi connectivity index (χ3n) is 11.4. The van der Waals surface area contributed by atoms with Crippen LogP contribution < -0.4 is 4.90 Å². The summed E-state index contributed by atoms with van der Waals surface area (Å²) < 4.78 is 16.5. The fraction of sp³-hybridized carbons (Fsp3) is 0.0182. The van der Waals surface area contributed by atoms with Gasteiger partial charge < -0.3 is 9.47 Å². The summed E-state index contributed by atoms with van der Waals surface area (Å²) in [5.74, 6) is -0.256. The molecule has 1 aromatic heterocycles. The smallest absolute Gasteiger partial charge is 0.123 e. The number of aromatic nitrogens is 1. The fourth-order valence-corrected chi connectivity index (χ4v) is 8.85. The molecule has 0 spiro atoms. The molecule has 10 rings (SSSR count). The minimum absolute atomic E-state index is 0.256. The van der Waals surface area contributed by atoms with Crippen molar-refractivity contribution < 1.29 is 4.39 Å². The Labute approximate surface area is 338 Å². The Balaban J connectivity index is 1.22. The van der Waals surface area contributed by atoms with Gasteiger partial charge in [-0.3, -0.25) is 0 Å². The van der Waals surface area contributed by atoms with Crippen LogP contribution >= 0.6 is 0 Å². The Morgan fingerprint density at radius 3 is 1.48 bits per heavy atom. The van der Waals surface area contributed by atoms with Gasteiger partial charge in [-0.15, -0.1) is 0 Å². The van der Waals surface area contributed by atoms with Crippen molar-refractivity contribution in [2.75, 3.05) is 4.90 Å². The zero-order valence-electron chi connectivity index (χ0n) is 31.8. The lowest BCUT2D eigenvalue weighted by Gasteiger charge is -2.37. The highest BCUT2D eigenvalue weighted by Gasteiger charge is 2.38. The average Bonchev–Trinajstić information content (AvgIpc) is 3.63. The van der Waals surface area contributed by atoms with E-state index >= 15 is 0 Å². The molecule has 0 radical (unpaired) electrons. The van der Waals surface area contributed by atoms with Gasteiger partial charge in [0.15, 0.2) is 0 Å². The SMILES string of the molecule is Fc1ccc(-n2c3ccccc3c3ccc(N(c4ccc(C(c5ccccc5)(c5ccccc5)c5ccccc5)cc4)c4ccccc4-c4ccccc4)cc32)cc1. The maximum absolute atomic E-state index is 14.3. The Hall–Kier alpha value is -7.49. The van der Waals surface area contributed by atoms with Crippen LogP contribution in [0.3, 0.4) is 0 Å². The molecule has 0 saturated heterocycles. The van der Waals surface area contributed by atoms with E-state index in [0.717, 1.165) is 55.7 Å². The Kier molecular flexibility index (Phi) is 8.96. The fourth-order valence-electron chi connectivity index (χ4n) is 8.85. The first-order chi connectivity index (χ1) is 28.7. The first-order valence-corrected chi connectivity index (χ1v) is 19.7. The van der Waals surface area contributed by atoms with Crippen molar-refractivity contribution in [1.82, 2.24) is 4.57 Å². The molecule has 9 aromatic carbocycles. The predicted molar refractivity (Wildman–Crippen MR) is 239 cm³/mol. The normalized spacial score (nSPS) is 11.5. The number of rotatable bonds is 9. The van der Waals surface area contributed by atoms with Crippen LogP contribution in [0.25, 0.3) is 38.6 Å². The van der Waals surface area contributed by atoms with E-state index in [1.165, 1.54) is 34.4 Å². The third kappa shape index (κ3) is 5.96. The molecule has 2 nitrogen and oxygen atoms in total. The summed E-state index contributed by atoms with van der Waals surface area (Å²) in [6, 6.07) is 82.8. The van der Waals surface area contributed by atoms with Crippen molar-refractivity contribution in [2.24, 2.45) is 0 Å². The van der Waals surface area contributed by atoms with Crippen molar-refractivity contribution in [1.29, 1.82) is 0 Å². The van der Waals surface area contributed by atoms with E-state index in [1.807, 2.05) is 12.1 Å². The molecule has 276 valence electrons. The van der Waals surface area contributed by atoms with Crippen LogP contribution in [-0.4, -0.2) is 4.57 Å². The molecule has 1 heterocycles. The van der Waals surface area contributed by atoms with Gasteiger partial charge in [-0.2, -0.15) is 0 Å². The van der Waals surface area contributed by atoms with E-state index in [4.69, 9.17) is 0 Å². The number of para-hydroxylation sites is 2. The highest BCUT2D eigenvalue weighted by atomic mass is 19.1. The molecular formula is C55H39FN2. The average molecular weight is 747 g/mol. The predicted octanol–water partition coefficient (Wildman–Crippen LogP) is 14.4. The monoisotopic (exact) mass is 746 g/mol. The molecule has 0 aliphatic rings. The minimum atomic E-state index is -0.565. The molecule has 0 atom stereocenters. The minimum Gasteiger partial charge on any atom is -0.310 e. The van der Waals surface area contributed by atoms with Gasteiger partial charge in [-0.05, 0) is 88.5 Å². The van der Waals surface area contributed by atoms with Crippen molar-refractivity contribution in [2.45, 2.75) is 5.41 Å². The molecule has 0 bridgehead atoms. The summed E-state index contributed by atoms with van der Waals surface area (Å²) in [6.45, 7) is 0. The highest BCUT2D eigenvalue weighted by molar-refractivity contribution is 6.10. The van der Waals surface area contributed by atoms with E-state index in [9.17, 15) is 4.39 Å². The van der Waals surface area contributed by atoms with Crippen LogP contribution in [0.1, 0.15) is 22.3 Å². The number of hydrogen-bond donors (Lipinski definition) is 0. The molecule has 0 aliphatic carbocycles. The molecule has 10 aromatic rings. The Bertz CT molecular complexity index is 2880. The van der Waals surface area contributed by atoms with Crippen molar-refractivity contribution in [3.63, 3.8) is 0 Å². The van der Waals surface area contributed by atoms with Gasteiger partial charge in [0.2, 0.25) is 0 Å². The van der Waals surface area contributed by atoms with Gasteiger partial charge in [0.05, 0.1) is 22.1 Å². The van der Waals surface area contributed by atoms with Crippen molar-refractivity contribution in [3.8, 4) is 16.8 Å². The van der Waals surface area contributed by atoms with Gasteiger partial charge in [0, 0.05) is 33.4 Å². The molecule has 3 heteroatoms. The third-order valence-corrected chi connectivity index (χ3v) is 11.4. The number of halogens is 1. The van der Waals surface area contributed by atoms with E-state index in [2.05, 4.69) is 222 Å². The largest absolute Gasteiger partial charge is 0.310 e. The first-order valence-electron chi connectivity index (χ1n) is 19.7. The summed E-state index contributed by atoms with van der Waals surface area (Å²) in [6.07, 6.45) is 0. The topological polar surface area (TPSA) is 8.17 Å². The highest BCUT2D eigenvalue weighted by Crippen LogP contribution is 2.47. The first kappa shape index (κ1) is 35.0. The number of hydrogen-bond acceptors (Lipinski definition) is 1. The number of anilines is 3. The van der Waals surface area contributed by atoms with Crippen LogP contribution in [0.5, 0.6) is 0 Å². The number of fused-ring (bicyclic) bond motifs is 3.